The van der Waals surface area contributed by atoms with Crippen LogP contribution in [-0.2, 0) is 13.1 Å². The molecule has 0 aliphatic heterocycles. The zero-order valence-electron chi connectivity index (χ0n) is 11.1. The van der Waals surface area contributed by atoms with E-state index in [1.165, 1.54) is 0 Å². The molecule has 0 radical (unpaired) electrons. The van der Waals surface area contributed by atoms with Crippen molar-refractivity contribution in [2.75, 3.05) is 18.8 Å². The van der Waals surface area contributed by atoms with Crippen LogP contribution in [0.1, 0.15) is 13.3 Å². The molecule has 2 aromatic rings. The SMILES string of the molecule is CCCNCCn1nnnc1SCCn1cccn1. The van der Waals surface area contributed by atoms with Gasteiger partial charge in [0.15, 0.2) is 0 Å². The van der Waals surface area contributed by atoms with E-state index in [-0.39, 0.29) is 0 Å². The fraction of sp³-hybridized carbons (Fsp3) is 0.636. The van der Waals surface area contributed by atoms with Gasteiger partial charge in [0.2, 0.25) is 5.16 Å². The molecule has 0 bridgehead atoms. The maximum absolute atomic E-state index is 4.16. The molecule has 0 amide bonds. The molecule has 2 aromatic heterocycles. The number of tetrazole rings is 1. The summed E-state index contributed by atoms with van der Waals surface area (Å²) in [6.07, 6.45) is 4.88. The van der Waals surface area contributed by atoms with E-state index in [1.807, 2.05) is 21.6 Å². The first-order chi connectivity index (χ1) is 9.40. The molecule has 0 aromatic carbocycles. The van der Waals surface area contributed by atoms with Crippen molar-refractivity contribution in [3.63, 3.8) is 0 Å². The van der Waals surface area contributed by atoms with E-state index in [4.69, 9.17) is 0 Å². The van der Waals surface area contributed by atoms with Crippen molar-refractivity contribution in [2.24, 2.45) is 0 Å². The first-order valence-corrected chi connectivity index (χ1v) is 7.46. The van der Waals surface area contributed by atoms with E-state index in [9.17, 15) is 0 Å². The van der Waals surface area contributed by atoms with Crippen LogP contribution < -0.4 is 5.32 Å². The minimum atomic E-state index is 0.803. The third kappa shape index (κ3) is 4.64. The van der Waals surface area contributed by atoms with Gasteiger partial charge in [-0.15, -0.1) is 5.10 Å². The Morgan fingerprint density at radius 2 is 2.26 bits per heavy atom. The van der Waals surface area contributed by atoms with Crippen molar-refractivity contribution >= 4 is 11.8 Å². The fourth-order valence-electron chi connectivity index (χ4n) is 1.59. The maximum Gasteiger partial charge on any atom is 0.209 e. The van der Waals surface area contributed by atoms with E-state index >= 15 is 0 Å². The molecule has 0 fully saturated rings. The van der Waals surface area contributed by atoms with Crippen molar-refractivity contribution in [3.05, 3.63) is 18.5 Å². The van der Waals surface area contributed by atoms with Crippen molar-refractivity contribution < 1.29 is 0 Å². The Bertz CT molecular complexity index is 453. The monoisotopic (exact) mass is 281 g/mol. The lowest BCUT2D eigenvalue weighted by Gasteiger charge is -2.05. The van der Waals surface area contributed by atoms with Crippen LogP contribution in [0.3, 0.4) is 0 Å². The van der Waals surface area contributed by atoms with Gasteiger partial charge in [0.1, 0.15) is 0 Å². The number of hydrogen-bond donors (Lipinski definition) is 1. The number of aromatic nitrogens is 6. The summed E-state index contributed by atoms with van der Waals surface area (Å²) in [6.45, 7) is 5.74. The topological polar surface area (TPSA) is 73.5 Å². The molecular formula is C11H19N7S. The predicted molar refractivity (Wildman–Crippen MR) is 73.9 cm³/mol. The van der Waals surface area contributed by atoms with Crippen LogP contribution in [-0.4, -0.2) is 48.8 Å². The lowest BCUT2D eigenvalue weighted by molar-refractivity contribution is 0.510. The van der Waals surface area contributed by atoms with E-state index in [0.29, 0.717) is 0 Å². The summed E-state index contributed by atoms with van der Waals surface area (Å²) in [6, 6.07) is 1.92. The molecule has 0 saturated heterocycles. The standard InChI is InChI=1S/C11H19N7S/c1-2-4-12-6-8-18-11(14-15-16-18)19-10-9-17-7-3-5-13-17/h3,5,7,12H,2,4,6,8-10H2,1H3. The first-order valence-electron chi connectivity index (χ1n) is 6.47. The summed E-state index contributed by atoms with van der Waals surface area (Å²) in [4.78, 5) is 0. The summed E-state index contributed by atoms with van der Waals surface area (Å²) < 4.78 is 3.75. The second-order valence-electron chi connectivity index (χ2n) is 4.05. The highest BCUT2D eigenvalue weighted by atomic mass is 32.2. The zero-order valence-corrected chi connectivity index (χ0v) is 11.9. The van der Waals surface area contributed by atoms with Crippen molar-refractivity contribution in [1.29, 1.82) is 0 Å². The van der Waals surface area contributed by atoms with Gasteiger partial charge >= 0.3 is 0 Å². The van der Waals surface area contributed by atoms with Gasteiger partial charge in [0.05, 0.1) is 13.1 Å². The lowest BCUT2D eigenvalue weighted by Crippen LogP contribution is -2.21. The van der Waals surface area contributed by atoms with Gasteiger partial charge < -0.3 is 5.32 Å². The Morgan fingerprint density at radius 3 is 3.05 bits per heavy atom. The molecule has 0 saturated carbocycles. The molecule has 2 rings (SSSR count). The summed E-state index contributed by atoms with van der Waals surface area (Å²) >= 11 is 1.65. The summed E-state index contributed by atoms with van der Waals surface area (Å²) in [5, 5.41) is 20.1. The second kappa shape index (κ2) is 7.90. The Kier molecular flexibility index (Phi) is 5.83. The van der Waals surface area contributed by atoms with E-state index < -0.39 is 0 Å². The third-order valence-corrected chi connectivity index (χ3v) is 3.47. The Hall–Kier alpha value is -1.41. The van der Waals surface area contributed by atoms with Gasteiger partial charge in [-0.1, -0.05) is 18.7 Å². The van der Waals surface area contributed by atoms with E-state index in [2.05, 4.69) is 32.9 Å². The molecule has 19 heavy (non-hydrogen) atoms. The van der Waals surface area contributed by atoms with Crippen LogP contribution in [0.4, 0.5) is 0 Å². The van der Waals surface area contributed by atoms with Gasteiger partial charge in [-0.3, -0.25) is 4.68 Å². The minimum Gasteiger partial charge on any atom is -0.315 e. The number of hydrogen-bond acceptors (Lipinski definition) is 6. The number of nitrogens with zero attached hydrogens (tertiary/aromatic N) is 6. The predicted octanol–water partition coefficient (Wildman–Crippen LogP) is 0.661. The van der Waals surface area contributed by atoms with Crippen molar-refractivity contribution in [2.45, 2.75) is 31.6 Å². The van der Waals surface area contributed by atoms with Gasteiger partial charge in [-0.2, -0.15) is 5.10 Å². The average Bonchev–Trinajstić information content (AvgIpc) is 3.07. The van der Waals surface area contributed by atoms with Crippen LogP contribution in [0, 0.1) is 0 Å². The zero-order chi connectivity index (χ0) is 13.3. The molecule has 0 spiro atoms. The molecular weight excluding hydrogens is 262 g/mol. The second-order valence-corrected chi connectivity index (χ2v) is 5.11. The van der Waals surface area contributed by atoms with Gasteiger partial charge in [-0.05, 0) is 29.5 Å². The Balaban J connectivity index is 1.72. The minimum absolute atomic E-state index is 0.803. The molecule has 0 aliphatic carbocycles. The smallest absolute Gasteiger partial charge is 0.209 e. The first kappa shape index (κ1) is 14.0. The number of thioether (sulfide) groups is 1. The Morgan fingerprint density at radius 1 is 1.32 bits per heavy atom. The normalized spacial score (nSPS) is 11.0. The summed E-state index contributed by atoms with van der Waals surface area (Å²) in [5.41, 5.74) is 0. The van der Waals surface area contributed by atoms with Crippen LogP contribution in [0.2, 0.25) is 0 Å². The van der Waals surface area contributed by atoms with Crippen molar-refractivity contribution in [3.8, 4) is 0 Å². The largest absolute Gasteiger partial charge is 0.315 e. The molecule has 104 valence electrons. The summed E-state index contributed by atoms with van der Waals surface area (Å²) in [7, 11) is 0. The molecule has 7 nitrogen and oxygen atoms in total. The lowest BCUT2D eigenvalue weighted by atomic mass is 10.5. The summed E-state index contributed by atoms with van der Waals surface area (Å²) in [5.74, 6) is 0.907. The highest BCUT2D eigenvalue weighted by Gasteiger charge is 2.06. The van der Waals surface area contributed by atoms with Crippen LogP contribution in [0.5, 0.6) is 0 Å². The number of nitrogens with one attached hydrogen (secondary N) is 1. The maximum atomic E-state index is 4.16. The van der Waals surface area contributed by atoms with Crippen LogP contribution in [0.15, 0.2) is 23.6 Å². The highest BCUT2D eigenvalue weighted by Crippen LogP contribution is 2.13. The van der Waals surface area contributed by atoms with E-state index in [0.717, 1.165) is 43.5 Å². The quantitative estimate of drug-likeness (QED) is 0.538. The van der Waals surface area contributed by atoms with Gasteiger partial charge in [0.25, 0.3) is 0 Å². The van der Waals surface area contributed by atoms with Crippen molar-refractivity contribution in [1.82, 2.24) is 35.3 Å². The highest BCUT2D eigenvalue weighted by molar-refractivity contribution is 7.99. The fourth-order valence-corrected chi connectivity index (χ4v) is 2.42. The molecule has 0 unspecified atom stereocenters. The number of rotatable bonds is 9. The Labute approximate surface area is 116 Å². The molecule has 0 aliphatic rings. The molecule has 2 heterocycles. The molecule has 1 N–H and O–H groups in total. The van der Waals surface area contributed by atoms with Crippen LogP contribution >= 0.6 is 11.8 Å². The number of aryl methyl sites for hydroxylation is 1. The van der Waals surface area contributed by atoms with Gasteiger partial charge in [-0.25, -0.2) is 4.68 Å². The van der Waals surface area contributed by atoms with Gasteiger partial charge in [0, 0.05) is 24.7 Å². The van der Waals surface area contributed by atoms with E-state index in [1.54, 1.807) is 18.0 Å². The van der Waals surface area contributed by atoms with Crippen LogP contribution in [0.25, 0.3) is 0 Å². The third-order valence-electron chi connectivity index (χ3n) is 2.54. The molecule has 0 atom stereocenters. The average molecular weight is 281 g/mol. The molecule has 8 heteroatoms.